The molecule has 0 spiro atoms. The molecule has 0 atom stereocenters. The highest BCUT2D eigenvalue weighted by molar-refractivity contribution is 5.63. The van der Waals surface area contributed by atoms with E-state index >= 15 is 0 Å². The third kappa shape index (κ3) is 6.66. The van der Waals surface area contributed by atoms with Crippen LogP contribution in [-0.4, -0.2) is 13.7 Å². The minimum Gasteiger partial charge on any atom is -0.497 e. The average molecular weight is 402 g/mol. The second kappa shape index (κ2) is 12.1. The predicted molar refractivity (Wildman–Crippen MR) is 129 cm³/mol. The molecule has 0 saturated carbocycles. The highest BCUT2D eigenvalue weighted by atomic mass is 16.5. The Morgan fingerprint density at radius 2 is 1.30 bits per heavy atom. The second-order valence-electron chi connectivity index (χ2n) is 7.95. The molecule has 0 saturated heterocycles. The van der Waals surface area contributed by atoms with Crippen molar-refractivity contribution < 1.29 is 4.74 Å². The first kappa shape index (κ1) is 22.0. The molecule has 0 aliphatic rings. The van der Waals surface area contributed by atoms with Gasteiger partial charge in [0.15, 0.2) is 0 Å². The van der Waals surface area contributed by atoms with E-state index in [4.69, 9.17) is 4.74 Å². The number of nitrogens with zero attached hydrogens (tertiary/aromatic N) is 1. The summed E-state index contributed by atoms with van der Waals surface area (Å²) in [7, 11) is 1.72. The van der Waals surface area contributed by atoms with Gasteiger partial charge in [0, 0.05) is 18.8 Å². The molecule has 0 aromatic heterocycles. The van der Waals surface area contributed by atoms with Crippen molar-refractivity contribution in [3.8, 4) is 16.9 Å². The molecule has 0 bridgehead atoms. The van der Waals surface area contributed by atoms with Gasteiger partial charge in [-0.1, -0.05) is 93.6 Å². The molecular formula is C28H35NO. The van der Waals surface area contributed by atoms with Gasteiger partial charge in [-0.2, -0.15) is 0 Å². The predicted octanol–water partition coefficient (Wildman–Crippen LogP) is 7.73. The summed E-state index contributed by atoms with van der Waals surface area (Å²) in [6, 6.07) is 28.0. The minimum atomic E-state index is 0.908. The van der Waals surface area contributed by atoms with Gasteiger partial charge < -0.3 is 9.64 Å². The maximum Gasteiger partial charge on any atom is 0.119 e. The fraction of sp³-hybridized carbons (Fsp3) is 0.357. The van der Waals surface area contributed by atoms with Gasteiger partial charge in [0.1, 0.15) is 5.75 Å². The molecule has 0 amide bonds. The Kier molecular flexibility index (Phi) is 8.83. The Labute approximate surface area is 182 Å². The van der Waals surface area contributed by atoms with Crippen LogP contribution in [0.2, 0.25) is 0 Å². The molecule has 158 valence electrons. The number of hydrogen-bond donors (Lipinski definition) is 0. The van der Waals surface area contributed by atoms with Crippen LogP contribution in [0.15, 0.2) is 78.9 Å². The van der Waals surface area contributed by atoms with Crippen molar-refractivity contribution in [1.29, 1.82) is 0 Å². The van der Waals surface area contributed by atoms with Gasteiger partial charge in [-0.3, -0.25) is 0 Å². The normalized spacial score (nSPS) is 10.7. The Hall–Kier alpha value is -2.74. The Morgan fingerprint density at radius 3 is 1.97 bits per heavy atom. The third-order valence-corrected chi connectivity index (χ3v) is 5.65. The first-order valence-corrected chi connectivity index (χ1v) is 11.3. The summed E-state index contributed by atoms with van der Waals surface area (Å²) >= 11 is 0. The fourth-order valence-electron chi connectivity index (χ4n) is 3.83. The molecule has 0 radical (unpaired) electrons. The van der Waals surface area contributed by atoms with Crippen LogP contribution in [-0.2, 0) is 6.54 Å². The van der Waals surface area contributed by atoms with Crippen LogP contribution in [0.1, 0.15) is 51.0 Å². The topological polar surface area (TPSA) is 12.5 Å². The summed E-state index contributed by atoms with van der Waals surface area (Å²) in [6.45, 7) is 4.28. The third-order valence-electron chi connectivity index (χ3n) is 5.65. The second-order valence-corrected chi connectivity index (χ2v) is 7.95. The number of rotatable bonds is 12. The Bertz CT molecular complexity index is 840. The molecular weight excluding hydrogens is 366 g/mol. The number of hydrogen-bond acceptors (Lipinski definition) is 2. The van der Waals surface area contributed by atoms with E-state index in [1.54, 1.807) is 7.11 Å². The van der Waals surface area contributed by atoms with E-state index in [1.165, 1.54) is 60.9 Å². The standard InChI is InChI=1S/C28H35NO/c1-3-4-5-6-7-11-22-29(27-18-20-28(30-2)21-19-27)23-24-14-16-26(17-15-24)25-12-9-8-10-13-25/h8-10,12-21H,3-7,11,22-23H2,1-2H3. The van der Waals surface area contributed by atoms with E-state index in [0.717, 1.165) is 18.8 Å². The molecule has 0 unspecified atom stereocenters. The van der Waals surface area contributed by atoms with Crippen molar-refractivity contribution in [2.24, 2.45) is 0 Å². The largest absolute Gasteiger partial charge is 0.497 e. The van der Waals surface area contributed by atoms with Crippen molar-refractivity contribution in [2.45, 2.75) is 52.0 Å². The van der Waals surface area contributed by atoms with Crippen molar-refractivity contribution in [3.05, 3.63) is 84.4 Å². The Balaban J connectivity index is 1.66. The summed E-state index contributed by atoms with van der Waals surface area (Å²) in [5, 5.41) is 0. The Morgan fingerprint density at radius 1 is 0.667 bits per heavy atom. The first-order valence-electron chi connectivity index (χ1n) is 11.3. The van der Waals surface area contributed by atoms with Crippen molar-refractivity contribution in [2.75, 3.05) is 18.6 Å². The van der Waals surface area contributed by atoms with Crippen molar-refractivity contribution in [1.82, 2.24) is 0 Å². The summed E-state index contributed by atoms with van der Waals surface area (Å²) in [5.41, 5.74) is 5.14. The minimum absolute atomic E-state index is 0.908. The molecule has 2 heteroatoms. The van der Waals surface area contributed by atoms with Crippen molar-refractivity contribution >= 4 is 5.69 Å². The van der Waals surface area contributed by atoms with Crippen LogP contribution >= 0.6 is 0 Å². The van der Waals surface area contributed by atoms with Crippen molar-refractivity contribution in [3.63, 3.8) is 0 Å². The lowest BCUT2D eigenvalue weighted by Crippen LogP contribution is -2.23. The van der Waals surface area contributed by atoms with Crippen LogP contribution in [0.25, 0.3) is 11.1 Å². The molecule has 3 aromatic carbocycles. The van der Waals surface area contributed by atoms with Gasteiger partial charge in [-0.15, -0.1) is 0 Å². The average Bonchev–Trinajstić information content (AvgIpc) is 2.81. The van der Waals surface area contributed by atoms with E-state index in [9.17, 15) is 0 Å². The molecule has 30 heavy (non-hydrogen) atoms. The zero-order chi connectivity index (χ0) is 21.0. The van der Waals surface area contributed by atoms with E-state index in [0.29, 0.717) is 0 Å². The monoisotopic (exact) mass is 401 g/mol. The number of benzene rings is 3. The van der Waals surface area contributed by atoms with Crippen LogP contribution in [0.3, 0.4) is 0 Å². The fourth-order valence-corrected chi connectivity index (χ4v) is 3.83. The first-order chi connectivity index (χ1) is 14.8. The van der Waals surface area contributed by atoms with Crippen LogP contribution in [0.4, 0.5) is 5.69 Å². The summed E-state index contributed by atoms with van der Waals surface area (Å²) < 4.78 is 5.34. The van der Waals surface area contributed by atoms with Gasteiger partial charge in [0.05, 0.1) is 7.11 Å². The SMILES string of the molecule is CCCCCCCCN(Cc1ccc(-c2ccccc2)cc1)c1ccc(OC)cc1. The number of unbranched alkanes of at least 4 members (excludes halogenated alkanes) is 5. The van der Waals surface area contributed by atoms with E-state index < -0.39 is 0 Å². The molecule has 0 N–H and O–H groups in total. The lowest BCUT2D eigenvalue weighted by molar-refractivity contribution is 0.415. The maximum absolute atomic E-state index is 5.34. The lowest BCUT2D eigenvalue weighted by Gasteiger charge is -2.25. The van der Waals surface area contributed by atoms with Crippen LogP contribution in [0, 0.1) is 0 Å². The summed E-state index contributed by atoms with van der Waals surface area (Å²) in [5.74, 6) is 0.908. The molecule has 3 aromatic rings. The highest BCUT2D eigenvalue weighted by Crippen LogP contribution is 2.24. The molecule has 2 nitrogen and oxygen atoms in total. The molecule has 0 heterocycles. The van der Waals surface area contributed by atoms with E-state index in [-0.39, 0.29) is 0 Å². The van der Waals surface area contributed by atoms with Crippen LogP contribution in [0.5, 0.6) is 5.75 Å². The van der Waals surface area contributed by atoms with E-state index in [2.05, 4.69) is 90.7 Å². The van der Waals surface area contributed by atoms with Gasteiger partial charge in [-0.25, -0.2) is 0 Å². The lowest BCUT2D eigenvalue weighted by atomic mass is 10.0. The number of methoxy groups -OCH3 is 1. The maximum atomic E-state index is 5.34. The highest BCUT2D eigenvalue weighted by Gasteiger charge is 2.08. The van der Waals surface area contributed by atoms with Gasteiger partial charge in [-0.05, 0) is 47.4 Å². The number of ether oxygens (including phenoxy) is 1. The summed E-state index contributed by atoms with van der Waals surface area (Å²) in [4.78, 5) is 2.50. The zero-order valence-corrected chi connectivity index (χ0v) is 18.5. The van der Waals surface area contributed by atoms with Gasteiger partial charge in [0.25, 0.3) is 0 Å². The number of anilines is 1. The molecule has 3 rings (SSSR count). The van der Waals surface area contributed by atoms with Gasteiger partial charge >= 0.3 is 0 Å². The van der Waals surface area contributed by atoms with Crippen LogP contribution < -0.4 is 9.64 Å². The smallest absolute Gasteiger partial charge is 0.119 e. The zero-order valence-electron chi connectivity index (χ0n) is 18.5. The summed E-state index contributed by atoms with van der Waals surface area (Å²) in [6.07, 6.45) is 7.90. The van der Waals surface area contributed by atoms with E-state index in [1.807, 2.05) is 0 Å². The quantitative estimate of drug-likeness (QED) is 0.288. The van der Waals surface area contributed by atoms with Gasteiger partial charge in [0.2, 0.25) is 0 Å². The molecule has 0 fully saturated rings. The molecule has 0 aliphatic heterocycles. The molecule has 0 aliphatic carbocycles.